The van der Waals surface area contributed by atoms with Crippen molar-refractivity contribution in [2.24, 2.45) is 0 Å². The zero-order valence-corrected chi connectivity index (χ0v) is 29.3. The predicted molar refractivity (Wildman–Crippen MR) is 221 cm³/mol. The lowest BCUT2D eigenvalue weighted by atomic mass is 9.95. The summed E-state index contributed by atoms with van der Waals surface area (Å²) < 4.78 is 6.55. The Morgan fingerprint density at radius 3 is 2.15 bits per heavy atom. The first-order chi connectivity index (χ1) is 26.7. The van der Waals surface area contributed by atoms with Crippen LogP contribution < -0.4 is 0 Å². The van der Waals surface area contributed by atoms with Crippen LogP contribution in [-0.4, -0.2) is 19.9 Å². The number of fused-ring (bicyclic) bond motifs is 10. The highest BCUT2D eigenvalue weighted by atomic mass is 16.3. The lowest BCUT2D eigenvalue weighted by Crippen LogP contribution is -1.96. The highest BCUT2D eigenvalue weighted by Gasteiger charge is 2.18. The minimum absolute atomic E-state index is 0.654. The average molecular weight is 691 g/mol. The fraction of sp³-hybridized carbons (Fsp3) is 0.0204. The fourth-order valence-electron chi connectivity index (χ4n) is 8.11. The van der Waals surface area contributed by atoms with Crippen LogP contribution in [-0.2, 0) is 0 Å². The Balaban J connectivity index is 1.05. The molecule has 11 aromatic rings. The maximum Gasteiger partial charge on any atom is 0.159 e. The third-order valence-corrected chi connectivity index (χ3v) is 10.7. The van der Waals surface area contributed by atoms with Gasteiger partial charge in [0.15, 0.2) is 5.82 Å². The zero-order chi connectivity index (χ0) is 35.8. The van der Waals surface area contributed by atoms with Crippen LogP contribution in [0.3, 0.4) is 0 Å². The number of pyridine rings is 2. The van der Waals surface area contributed by atoms with Crippen LogP contribution in [0.4, 0.5) is 0 Å². The molecule has 0 aliphatic carbocycles. The summed E-state index contributed by atoms with van der Waals surface area (Å²) in [4.78, 5) is 20.4. The van der Waals surface area contributed by atoms with Crippen molar-refractivity contribution in [3.63, 3.8) is 0 Å². The summed E-state index contributed by atoms with van der Waals surface area (Å²) in [6, 6.07) is 54.5. The highest BCUT2D eigenvalue weighted by Crippen LogP contribution is 2.41. The zero-order valence-electron chi connectivity index (χ0n) is 29.3. The van der Waals surface area contributed by atoms with E-state index in [2.05, 4.69) is 134 Å². The van der Waals surface area contributed by atoms with E-state index in [9.17, 15) is 0 Å². The predicted octanol–water partition coefficient (Wildman–Crippen LogP) is 12.8. The molecular formula is C49H30N4O. The van der Waals surface area contributed by atoms with Gasteiger partial charge in [0.25, 0.3) is 0 Å². The number of para-hydroxylation sites is 2. The van der Waals surface area contributed by atoms with E-state index in [0.29, 0.717) is 5.82 Å². The van der Waals surface area contributed by atoms with Crippen molar-refractivity contribution in [2.75, 3.05) is 0 Å². The van der Waals surface area contributed by atoms with Gasteiger partial charge < -0.3 is 4.42 Å². The number of aryl methyl sites for hydroxylation is 1. The number of nitrogens with zero attached hydrogens (tertiary/aromatic N) is 4. The Bertz CT molecular complexity index is 3290. The average Bonchev–Trinajstić information content (AvgIpc) is 3.62. The largest absolute Gasteiger partial charge is 0.455 e. The van der Waals surface area contributed by atoms with E-state index in [0.717, 1.165) is 110 Å². The minimum atomic E-state index is 0.654. The first-order valence-electron chi connectivity index (χ1n) is 18.1. The molecule has 252 valence electrons. The van der Waals surface area contributed by atoms with Crippen molar-refractivity contribution in [3.8, 4) is 45.2 Å². The Hall–Kier alpha value is -7.24. The summed E-state index contributed by atoms with van der Waals surface area (Å²) in [5.74, 6) is 0.654. The van der Waals surface area contributed by atoms with Crippen LogP contribution >= 0.6 is 0 Å². The lowest BCUT2D eigenvalue weighted by molar-refractivity contribution is 0.673. The van der Waals surface area contributed by atoms with E-state index < -0.39 is 0 Å². The summed E-state index contributed by atoms with van der Waals surface area (Å²) in [6.45, 7) is 2.17. The number of aromatic nitrogens is 4. The minimum Gasteiger partial charge on any atom is -0.455 e. The number of rotatable bonds is 4. The van der Waals surface area contributed by atoms with E-state index in [1.807, 2.05) is 36.5 Å². The van der Waals surface area contributed by atoms with Gasteiger partial charge in [0.2, 0.25) is 0 Å². The molecule has 54 heavy (non-hydrogen) atoms. The number of hydrogen-bond donors (Lipinski definition) is 0. The van der Waals surface area contributed by atoms with Gasteiger partial charge in [-0.15, -0.1) is 0 Å². The van der Waals surface area contributed by atoms with Crippen LogP contribution in [0.25, 0.3) is 110 Å². The quantitative estimate of drug-likeness (QED) is 0.172. The molecule has 0 atom stereocenters. The summed E-state index contributed by atoms with van der Waals surface area (Å²) >= 11 is 0. The molecule has 0 saturated heterocycles. The topological polar surface area (TPSA) is 64.7 Å². The molecular weight excluding hydrogens is 661 g/mol. The van der Waals surface area contributed by atoms with Gasteiger partial charge in [0.1, 0.15) is 11.2 Å². The molecule has 0 aliphatic heterocycles. The van der Waals surface area contributed by atoms with Gasteiger partial charge in [0, 0.05) is 66.2 Å². The molecule has 11 rings (SSSR count). The monoisotopic (exact) mass is 690 g/mol. The molecule has 0 N–H and O–H groups in total. The lowest BCUT2D eigenvalue weighted by Gasteiger charge is -2.13. The van der Waals surface area contributed by atoms with E-state index in [-0.39, 0.29) is 0 Å². The maximum absolute atomic E-state index is 6.55. The Labute approximate surface area is 310 Å². The summed E-state index contributed by atoms with van der Waals surface area (Å²) in [6.07, 6.45) is 1.85. The molecule has 0 fully saturated rings. The second-order valence-corrected chi connectivity index (χ2v) is 13.8. The van der Waals surface area contributed by atoms with E-state index >= 15 is 0 Å². The molecule has 0 radical (unpaired) electrons. The van der Waals surface area contributed by atoms with Crippen molar-refractivity contribution < 1.29 is 4.42 Å². The van der Waals surface area contributed by atoms with Gasteiger partial charge in [-0.1, -0.05) is 121 Å². The van der Waals surface area contributed by atoms with Gasteiger partial charge in [-0.25, -0.2) is 19.9 Å². The number of benzene rings is 7. The van der Waals surface area contributed by atoms with E-state index in [4.69, 9.17) is 24.4 Å². The molecule has 5 heteroatoms. The molecule has 4 aromatic heterocycles. The van der Waals surface area contributed by atoms with Gasteiger partial charge >= 0.3 is 0 Å². The molecule has 0 spiro atoms. The van der Waals surface area contributed by atoms with E-state index in [1.165, 1.54) is 0 Å². The number of hydrogen-bond acceptors (Lipinski definition) is 5. The van der Waals surface area contributed by atoms with Crippen molar-refractivity contribution in [1.82, 2.24) is 19.9 Å². The highest BCUT2D eigenvalue weighted by molar-refractivity contribution is 6.24. The second kappa shape index (κ2) is 11.9. The Kier molecular flexibility index (Phi) is 6.70. The van der Waals surface area contributed by atoms with Crippen LogP contribution in [0.1, 0.15) is 5.56 Å². The van der Waals surface area contributed by atoms with Crippen LogP contribution in [0.2, 0.25) is 0 Å². The first-order valence-corrected chi connectivity index (χ1v) is 18.1. The van der Waals surface area contributed by atoms with Gasteiger partial charge in [0.05, 0.1) is 28.1 Å². The number of furan rings is 1. The van der Waals surface area contributed by atoms with Crippen LogP contribution in [0, 0.1) is 6.92 Å². The van der Waals surface area contributed by atoms with Crippen molar-refractivity contribution in [1.29, 1.82) is 0 Å². The normalized spacial score (nSPS) is 11.8. The molecule has 7 aromatic carbocycles. The fourth-order valence-corrected chi connectivity index (χ4v) is 8.11. The third kappa shape index (κ3) is 4.72. The summed E-state index contributed by atoms with van der Waals surface area (Å²) in [7, 11) is 0. The van der Waals surface area contributed by atoms with Crippen molar-refractivity contribution >= 4 is 65.3 Å². The maximum atomic E-state index is 6.55. The van der Waals surface area contributed by atoms with Crippen LogP contribution in [0.15, 0.2) is 168 Å². The summed E-state index contributed by atoms with van der Waals surface area (Å²) in [5.41, 5.74) is 11.6. The van der Waals surface area contributed by atoms with Crippen LogP contribution in [0.5, 0.6) is 0 Å². The molecule has 0 amide bonds. The summed E-state index contributed by atoms with van der Waals surface area (Å²) in [5, 5.41) is 8.78. The second-order valence-electron chi connectivity index (χ2n) is 13.8. The molecule has 5 nitrogen and oxygen atoms in total. The van der Waals surface area contributed by atoms with E-state index in [1.54, 1.807) is 0 Å². The van der Waals surface area contributed by atoms with Gasteiger partial charge in [-0.05, 0) is 54.3 Å². The standard InChI is InChI=1S/C49H30N4O/c1-29-35(22-20-31-18-19-32-21-25-40(51-47(32)44(29)31)30-10-3-2-4-11-30)42-26-27-50-49(53-42)34-13-9-12-33(28-34)46-39-24-23-37-36-14-6-8-17-43(36)54-48(37)45(39)38-15-5-7-16-41(38)52-46/h2-28H,1H3. The van der Waals surface area contributed by atoms with Crippen molar-refractivity contribution in [2.45, 2.75) is 6.92 Å². The first kappa shape index (κ1) is 30.4. The smallest absolute Gasteiger partial charge is 0.159 e. The SMILES string of the molecule is Cc1c(-c2ccnc(-c3cccc(-c4nc5ccccc5c5c4ccc4c6ccccc6oc45)c3)n2)ccc2ccc3ccc(-c4ccccc4)nc3c12. The van der Waals surface area contributed by atoms with Crippen molar-refractivity contribution in [3.05, 3.63) is 169 Å². The van der Waals surface area contributed by atoms with Gasteiger partial charge in [-0.3, -0.25) is 0 Å². The molecule has 0 saturated carbocycles. The van der Waals surface area contributed by atoms with Gasteiger partial charge in [-0.2, -0.15) is 0 Å². The molecule has 0 unspecified atom stereocenters. The third-order valence-electron chi connectivity index (χ3n) is 10.7. The Morgan fingerprint density at radius 1 is 0.481 bits per heavy atom. The molecule has 0 aliphatic rings. The molecule has 4 heterocycles. The molecule has 0 bridgehead atoms. The Morgan fingerprint density at radius 2 is 1.22 bits per heavy atom.